The van der Waals surface area contributed by atoms with Gasteiger partial charge in [-0.15, -0.1) is 0 Å². The van der Waals surface area contributed by atoms with E-state index in [1.807, 2.05) is 13.0 Å². The zero-order valence-corrected chi connectivity index (χ0v) is 18.5. The highest BCUT2D eigenvalue weighted by Gasteiger charge is 2.22. The minimum atomic E-state index is -3.73. The molecule has 1 aliphatic heterocycles. The van der Waals surface area contributed by atoms with Crippen LogP contribution in [0.25, 0.3) is 0 Å². The maximum atomic E-state index is 12.7. The van der Waals surface area contributed by atoms with Gasteiger partial charge in [0.2, 0.25) is 5.95 Å². The number of rotatable bonds is 6. The number of H-pyrrole nitrogens is 1. The lowest BCUT2D eigenvalue weighted by atomic mass is 10.3. The molecular formula is C20H25N7O3S. The summed E-state index contributed by atoms with van der Waals surface area (Å²) in [6, 6.07) is 8.86. The molecule has 0 unspecified atom stereocenters. The molecule has 0 saturated carbocycles. The average molecular weight is 444 g/mol. The molecule has 3 N–H and O–H groups in total. The van der Waals surface area contributed by atoms with Crippen molar-refractivity contribution in [3.05, 3.63) is 47.4 Å². The summed E-state index contributed by atoms with van der Waals surface area (Å²) in [6.07, 6.45) is 0. The van der Waals surface area contributed by atoms with Crippen molar-refractivity contribution in [2.24, 2.45) is 0 Å². The van der Waals surface area contributed by atoms with Gasteiger partial charge in [0.25, 0.3) is 10.0 Å². The van der Waals surface area contributed by atoms with E-state index in [4.69, 9.17) is 4.74 Å². The number of morpholine rings is 1. The Morgan fingerprint density at radius 1 is 1.03 bits per heavy atom. The third-order valence-electron chi connectivity index (χ3n) is 4.90. The lowest BCUT2D eigenvalue weighted by Crippen LogP contribution is -2.36. The van der Waals surface area contributed by atoms with E-state index in [1.54, 1.807) is 38.1 Å². The van der Waals surface area contributed by atoms with E-state index in [-0.39, 0.29) is 4.90 Å². The van der Waals surface area contributed by atoms with E-state index in [1.165, 1.54) is 0 Å². The lowest BCUT2D eigenvalue weighted by molar-refractivity contribution is 0.122. The second-order valence-corrected chi connectivity index (χ2v) is 8.98. The van der Waals surface area contributed by atoms with E-state index in [9.17, 15) is 8.42 Å². The fraction of sp³-hybridized carbons (Fsp3) is 0.350. The highest BCUT2D eigenvalue weighted by molar-refractivity contribution is 7.92. The van der Waals surface area contributed by atoms with Gasteiger partial charge in [0.1, 0.15) is 10.7 Å². The van der Waals surface area contributed by atoms with E-state index in [0.29, 0.717) is 36.2 Å². The summed E-state index contributed by atoms with van der Waals surface area (Å²) < 4.78 is 33.4. The van der Waals surface area contributed by atoms with Gasteiger partial charge >= 0.3 is 0 Å². The molecule has 0 aliphatic carbocycles. The van der Waals surface area contributed by atoms with Crippen molar-refractivity contribution in [1.29, 1.82) is 0 Å². The average Bonchev–Trinajstić information content (AvgIpc) is 3.08. The lowest BCUT2D eigenvalue weighted by Gasteiger charge is -2.28. The van der Waals surface area contributed by atoms with Crippen LogP contribution in [0.2, 0.25) is 0 Å². The first-order chi connectivity index (χ1) is 14.8. The molecule has 1 fully saturated rings. The third kappa shape index (κ3) is 4.78. The van der Waals surface area contributed by atoms with Crippen LogP contribution >= 0.6 is 0 Å². The summed E-state index contributed by atoms with van der Waals surface area (Å²) in [5, 5.41) is 9.84. The van der Waals surface area contributed by atoms with Crippen LogP contribution < -0.4 is 14.9 Å². The van der Waals surface area contributed by atoms with Crippen molar-refractivity contribution in [2.75, 3.05) is 41.2 Å². The van der Waals surface area contributed by atoms with E-state index in [0.717, 1.165) is 30.3 Å². The molecule has 3 heterocycles. The molecule has 0 bridgehead atoms. The van der Waals surface area contributed by atoms with E-state index >= 15 is 0 Å². The monoisotopic (exact) mass is 443 g/mol. The number of aromatic nitrogens is 4. The Hall–Kier alpha value is -3.18. The summed E-state index contributed by atoms with van der Waals surface area (Å²) in [5.41, 5.74) is 2.97. The predicted octanol–water partition coefficient (Wildman–Crippen LogP) is 2.51. The largest absolute Gasteiger partial charge is 0.378 e. The zero-order valence-electron chi connectivity index (χ0n) is 17.6. The number of benzene rings is 1. The van der Waals surface area contributed by atoms with Crippen molar-refractivity contribution < 1.29 is 13.2 Å². The molecule has 10 nitrogen and oxygen atoms in total. The maximum Gasteiger partial charge on any atom is 0.265 e. The smallest absolute Gasteiger partial charge is 0.265 e. The highest BCUT2D eigenvalue weighted by Crippen LogP contribution is 2.23. The van der Waals surface area contributed by atoms with Gasteiger partial charge in [-0.1, -0.05) is 0 Å². The van der Waals surface area contributed by atoms with Crippen molar-refractivity contribution in [2.45, 2.75) is 25.7 Å². The molecule has 31 heavy (non-hydrogen) atoms. The van der Waals surface area contributed by atoms with Crippen LogP contribution in [0.1, 0.15) is 17.1 Å². The summed E-state index contributed by atoms with van der Waals surface area (Å²) in [7, 11) is -3.73. The van der Waals surface area contributed by atoms with Gasteiger partial charge in [-0.25, -0.2) is 13.4 Å². The summed E-state index contributed by atoms with van der Waals surface area (Å²) in [4.78, 5) is 11.4. The zero-order chi connectivity index (χ0) is 22.0. The van der Waals surface area contributed by atoms with Crippen LogP contribution in [0, 0.1) is 20.8 Å². The third-order valence-corrected chi connectivity index (χ3v) is 6.54. The number of aromatic amines is 1. The van der Waals surface area contributed by atoms with Crippen molar-refractivity contribution >= 4 is 33.2 Å². The van der Waals surface area contributed by atoms with E-state index < -0.39 is 10.0 Å². The van der Waals surface area contributed by atoms with E-state index in [2.05, 4.69) is 35.1 Å². The molecule has 0 spiro atoms. The second kappa shape index (κ2) is 8.52. The van der Waals surface area contributed by atoms with Crippen LogP contribution in [-0.2, 0) is 14.8 Å². The molecule has 3 aromatic rings. The fourth-order valence-electron chi connectivity index (χ4n) is 3.46. The molecule has 0 amide bonds. The first kappa shape index (κ1) is 21.1. The quantitative estimate of drug-likeness (QED) is 0.531. The Labute approximate surface area is 181 Å². The molecule has 1 aromatic carbocycles. The Morgan fingerprint density at radius 2 is 1.71 bits per heavy atom. The number of nitrogens with one attached hydrogen (secondary N) is 3. The van der Waals surface area contributed by atoms with Crippen LogP contribution in [0.5, 0.6) is 0 Å². The molecule has 2 aromatic heterocycles. The number of sulfonamides is 1. The Kier molecular flexibility index (Phi) is 5.79. The van der Waals surface area contributed by atoms with Gasteiger partial charge in [0.15, 0.2) is 0 Å². The summed E-state index contributed by atoms with van der Waals surface area (Å²) in [5.74, 6) is 1.34. The van der Waals surface area contributed by atoms with Crippen molar-refractivity contribution in [3.63, 3.8) is 0 Å². The number of nitrogens with zero attached hydrogens (tertiary/aromatic N) is 4. The molecule has 11 heteroatoms. The minimum absolute atomic E-state index is 0.165. The number of aryl methyl sites for hydroxylation is 3. The number of hydrogen-bond donors (Lipinski definition) is 3. The van der Waals surface area contributed by atoms with Crippen molar-refractivity contribution in [1.82, 2.24) is 20.2 Å². The maximum absolute atomic E-state index is 12.7. The van der Waals surface area contributed by atoms with Gasteiger partial charge in [0, 0.05) is 36.2 Å². The molecular weight excluding hydrogens is 418 g/mol. The fourth-order valence-corrected chi connectivity index (χ4v) is 4.89. The number of hydrogen-bond acceptors (Lipinski definition) is 8. The Bertz CT molecular complexity index is 1150. The van der Waals surface area contributed by atoms with Crippen molar-refractivity contribution in [3.8, 4) is 0 Å². The van der Waals surface area contributed by atoms with Crippen LogP contribution in [0.3, 0.4) is 0 Å². The molecule has 1 saturated heterocycles. The van der Waals surface area contributed by atoms with Gasteiger partial charge in [-0.3, -0.25) is 9.82 Å². The molecule has 0 atom stereocenters. The summed E-state index contributed by atoms with van der Waals surface area (Å²) in [6.45, 7) is 8.20. The molecule has 0 radical (unpaired) electrons. The van der Waals surface area contributed by atoms with Gasteiger partial charge < -0.3 is 15.0 Å². The summed E-state index contributed by atoms with van der Waals surface area (Å²) >= 11 is 0. The standard InChI is InChI=1S/C20H25N7O3S/c1-13-12-18(27-8-10-30-11-9-27)23-20(21-13)22-16-4-6-17(7-5-16)26-31(28,29)19-14(2)24-25-15(19)3/h4-7,12,26H,8-11H2,1-3H3,(H,24,25)(H,21,22,23). The van der Waals surface area contributed by atoms with Gasteiger partial charge in [0.05, 0.1) is 24.6 Å². The topological polar surface area (TPSA) is 125 Å². The molecule has 4 rings (SSSR count). The molecule has 164 valence electrons. The van der Waals surface area contributed by atoms with Gasteiger partial charge in [-0.05, 0) is 45.0 Å². The van der Waals surface area contributed by atoms with Crippen LogP contribution in [-0.4, -0.2) is 54.9 Å². The predicted molar refractivity (Wildman–Crippen MR) is 118 cm³/mol. The first-order valence-corrected chi connectivity index (χ1v) is 11.4. The minimum Gasteiger partial charge on any atom is -0.378 e. The normalized spacial score (nSPS) is 14.5. The van der Waals surface area contributed by atoms with Crippen LogP contribution in [0.15, 0.2) is 35.2 Å². The number of anilines is 4. The Balaban J connectivity index is 1.48. The van der Waals surface area contributed by atoms with Crippen LogP contribution in [0.4, 0.5) is 23.1 Å². The Morgan fingerprint density at radius 3 is 2.35 bits per heavy atom. The molecule has 1 aliphatic rings. The number of ether oxygens (including phenoxy) is 1. The first-order valence-electron chi connectivity index (χ1n) is 9.92. The second-order valence-electron chi connectivity index (χ2n) is 7.36. The SMILES string of the molecule is Cc1cc(N2CCOCC2)nc(Nc2ccc(NS(=O)(=O)c3c(C)n[nH]c3C)cc2)n1. The van der Waals surface area contributed by atoms with Gasteiger partial charge in [-0.2, -0.15) is 10.1 Å². The highest BCUT2D eigenvalue weighted by atomic mass is 32.2.